The van der Waals surface area contributed by atoms with Gasteiger partial charge in [0.25, 0.3) is 0 Å². The van der Waals surface area contributed by atoms with Crippen LogP contribution in [0.1, 0.15) is 49.7 Å². The normalized spacial score (nSPS) is 36.8. The van der Waals surface area contributed by atoms with E-state index in [1.807, 2.05) is 12.1 Å². The molecule has 10 rings (SSSR count). The lowest BCUT2D eigenvalue weighted by molar-refractivity contribution is -0.190. The van der Waals surface area contributed by atoms with E-state index in [4.69, 9.17) is 18.9 Å². The van der Waals surface area contributed by atoms with E-state index in [1.54, 1.807) is 0 Å². The number of carbonyl (C=O) groups is 2. The lowest BCUT2D eigenvalue weighted by Gasteiger charge is -2.71. The molecular weight excluding hydrogens is 608 g/mol. The number of allylic oxidation sites excluding steroid dienone is 4. The van der Waals surface area contributed by atoms with E-state index in [0.29, 0.717) is 71.0 Å². The van der Waals surface area contributed by atoms with Gasteiger partial charge in [-0.15, -0.1) is 0 Å². The van der Waals surface area contributed by atoms with Crippen LogP contribution in [0, 0.1) is 71.0 Å². The Hall–Kier alpha value is -3.94. The minimum atomic E-state index is -0.713. The molecule has 8 heteroatoms. The van der Waals surface area contributed by atoms with Gasteiger partial charge >= 0.3 is 11.9 Å². The van der Waals surface area contributed by atoms with Crippen LogP contribution in [-0.2, 0) is 22.4 Å². The van der Waals surface area contributed by atoms with Crippen LogP contribution in [0.15, 0.2) is 60.7 Å². The van der Waals surface area contributed by atoms with Crippen molar-refractivity contribution >= 4 is 11.9 Å². The summed E-state index contributed by atoms with van der Waals surface area (Å²) >= 11 is 0. The molecule has 0 spiro atoms. The standard InChI is InChI=1S/C40H44O8/c41-35(42)5-1-3-23-25-9-10-27-26-11-12-28(38(27)39(25)29(23)15-21-7-13-31-33(17-21)47-19-45-31)40-30(24(37(26)40)4-2-6-36(43)44)16-22-8-14-32-34(18-22)48-20-46-32/h7-14,17-18,23-30,37-40H,1-6,15-16,19-20H2,(H,41,42)(H,43,44)/t23-,24+,25+,26-,27+,28+,29+,30+,37-,38+,39+,40-/m1/s1. The van der Waals surface area contributed by atoms with Gasteiger partial charge in [-0.3, -0.25) is 9.59 Å². The molecule has 2 bridgehead atoms. The van der Waals surface area contributed by atoms with E-state index in [9.17, 15) is 19.8 Å². The van der Waals surface area contributed by atoms with Crippen molar-refractivity contribution in [1.29, 1.82) is 0 Å². The number of carboxylic acid groups (broad SMARTS) is 2. The first-order chi connectivity index (χ1) is 23.4. The second-order valence-electron chi connectivity index (χ2n) is 15.4. The molecule has 0 saturated heterocycles. The fraction of sp³-hybridized carbons (Fsp3) is 0.550. The summed E-state index contributed by atoms with van der Waals surface area (Å²) < 4.78 is 22.7. The highest BCUT2D eigenvalue weighted by molar-refractivity contribution is 5.66. The number of hydrogen-bond acceptors (Lipinski definition) is 6. The lowest BCUT2D eigenvalue weighted by atomic mass is 9.33. The van der Waals surface area contributed by atoms with Crippen molar-refractivity contribution in [1.82, 2.24) is 0 Å². The number of ether oxygens (including phenoxy) is 4. The number of rotatable bonds is 12. The summed E-state index contributed by atoms with van der Waals surface area (Å²) in [6, 6.07) is 12.7. The summed E-state index contributed by atoms with van der Waals surface area (Å²) in [4.78, 5) is 22.9. The molecule has 252 valence electrons. The first-order valence-corrected chi connectivity index (χ1v) is 18.0. The SMILES string of the molecule is O=C(O)CCC[C@@H]1[C@@H]2C=C[C@H]3[C@H]4C=C[C@@H]([C@H]3[C@@H]2[C@H]1Cc1ccc2c(c1)OCO2)[C@@H]1[C@@H](Cc2ccc3c(c2)OCO3)[C@H](CCCC(=O)O)[C@H]41. The second kappa shape index (κ2) is 11.9. The van der Waals surface area contributed by atoms with Crippen LogP contribution in [0.2, 0.25) is 0 Å². The van der Waals surface area contributed by atoms with Gasteiger partial charge in [0.2, 0.25) is 13.6 Å². The Kier molecular flexibility index (Phi) is 7.46. The maximum absolute atomic E-state index is 11.5. The van der Waals surface area contributed by atoms with Crippen LogP contribution in [0.5, 0.6) is 23.0 Å². The first kappa shape index (κ1) is 30.1. The summed E-state index contributed by atoms with van der Waals surface area (Å²) in [6.07, 6.45) is 15.9. The molecule has 0 radical (unpaired) electrons. The molecule has 3 fully saturated rings. The summed E-state index contributed by atoms with van der Waals surface area (Å²) in [5, 5.41) is 18.9. The largest absolute Gasteiger partial charge is 0.481 e. The van der Waals surface area contributed by atoms with Crippen molar-refractivity contribution in [2.75, 3.05) is 13.6 Å². The summed E-state index contributed by atoms with van der Waals surface area (Å²) in [6.45, 7) is 0.533. The molecule has 0 aromatic heterocycles. The maximum Gasteiger partial charge on any atom is 0.303 e. The Labute approximate surface area is 281 Å². The molecule has 2 aromatic rings. The van der Waals surface area contributed by atoms with Gasteiger partial charge in [-0.2, -0.15) is 0 Å². The van der Waals surface area contributed by atoms with Crippen molar-refractivity contribution in [3.8, 4) is 23.0 Å². The third-order valence-electron chi connectivity index (χ3n) is 13.4. The Morgan fingerprint density at radius 1 is 0.542 bits per heavy atom. The molecule has 2 aromatic carbocycles. The van der Waals surface area contributed by atoms with Crippen LogP contribution < -0.4 is 18.9 Å². The maximum atomic E-state index is 11.5. The average molecular weight is 653 g/mol. The lowest BCUT2D eigenvalue weighted by Crippen LogP contribution is -2.67. The fourth-order valence-electron chi connectivity index (χ4n) is 11.8. The molecule has 2 heterocycles. The van der Waals surface area contributed by atoms with E-state index in [-0.39, 0.29) is 26.4 Å². The van der Waals surface area contributed by atoms with E-state index in [0.717, 1.165) is 61.5 Å². The predicted molar refractivity (Wildman–Crippen MR) is 176 cm³/mol. The van der Waals surface area contributed by atoms with E-state index >= 15 is 0 Å². The molecule has 12 atom stereocenters. The topological polar surface area (TPSA) is 112 Å². The molecule has 3 saturated carbocycles. The Balaban J connectivity index is 1.01. The third-order valence-corrected chi connectivity index (χ3v) is 13.4. The van der Waals surface area contributed by atoms with Crippen molar-refractivity contribution in [2.24, 2.45) is 71.0 Å². The quantitative estimate of drug-likeness (QED) is 0.236. The van der Waals surface area contributed by atoms with Crippen LogP contribution in [0.3, 0.4) is 0 Å². The number of hydrogen-bond donors (Lipinski definition) is 2. The smallest absolute Gasteiger partial charge is 0.303 e. The van der Waals surface area contributed by atoms with Crippen molar-refractivity contribution < 1.29 is 38.7 Å². The van der Waals surface area contributed by atoms with Crippen molar-refractivity contribution in [3.63, 3.8) is 0 Å². The first-order valence-electron chi connectivity index (χ1n) is 18.0. The highest BCUT2D eigenvalue weighted by Crippen LogP contribution is 2.72. The summed E-state index contributed by atoms with van der Waals surface area (Å²) in [5.41, 5.74) is 2.55. The zero-order chi connectivity index (χ0) is 32.5. The summed E-state index contributed by atoms with van der Waals surface area (Å²) in [5.74, 6) is 8.14. The highest BCUT2D eigenvalue weighted by Gasteiger charge is 2.67. The fourth-order valence-corrected chi connectivity index (χ4v) is 11.8. The minimum absolute atomic E-state index is 0.225. The van der Waals surface area contributed by atoms with Gasteiger partial charge in [-0.25, -0.2) is 0 Å². The summed E-state index contributed by atoms with van der Waals surface area (Å²) in [7, 11) is 0. The molecule has 0 amide bonds. The number of fused-ring (bicyclic) bond motifs is 3. The third kappa shape index (κ3) is 4.92. The van der Waals surface area contributed by atoms with Crippen LogP contribution >= 0.6 is 0 Å². The van der Waals surface area contributed by atoms with E-state index < -0.39 is 11.9 Å². The zero-order valence-electron chi connectivity index (χ0n) is 27.1. The molecule has 8 aliphatic rings. The van der Waals surface area contributed by atoms with Gasteiger partial charge in [0.15, 0.2) is 23.0 Å². The molecule has 48 heavy (non-hydrogen) atoms. The van der Waals surface area contributed by atoms with Crippen molar-refractivity contribution in [2.45, 2.75) is 51.4 Å². The molecule has 0 unspecified atom stereocenters. The number of carboxylic acids is 2. The van der Waals surface area contributed by atoms with E-state index in [2.05, 4.69) is 48.6 Å². The van der Waals surface area contributed by atoms with Crippen molar-refractivity contribution in [3.05, 3.63) is 71.8 Å². The molecule has 2 N–H and O–H groups in total. The highest BCUT2D eigenvalue weighted by atomic mass is 16.7. The molecule has 6 aliphatic carbocycles. The van der Waals surface area contributed by atoms with Gasteiger partial charge in [0.1, 0.15) is 0 Å². The number of aliphatic carboxylic acids is 2. The van der Waals surface area contributed by atoms with Gasteiger partial charge in [0.05, 0.1) is 0 Å². The van der Waals surface area contributed by atoms with Crippen LogP contribution in [0.25, 0.3) is 0 Å². The molecule has 8 nitrogen and oxygen atoms in total. The Morgan fingerprint density at radius 2 is 1.00 bits per heavy atom. The van der Waals surface area contributed by atoms with Crippen LogP contribution in [-0.4, -0.2) is 35.7 Å². The Bertz CT molecular complexity index is 1660. The monoisotopic (exact) mass is 652 g/mol. The average Bonchev–Trinajstić information content (AvgIpc) is 3.75. The predicted octanol–water partition coefficient (Wildman–Crippen LogP) is 7.01. The second-order valence-corrected chi connectivity index (χ2v) is 15.4. The van der Waals surface area contributed by atoms with Gasteiger partial charge < -0.3 is 29.2 Å². The van der Waals surface area contributed by atoms with Gasteiger partial charge in [0, 0.05) is 12.8 Å². The van der Waals surface area contributed by atoms with Gasteiger partial charge in [-0.05, 0) is 145 Å². The zero-order valence-corrected chi connectivity index (χ0v) is 27.1. The molecule has 2 aliphatic heterocycles. The number of benzene rings is 2. The Morgan fingerprint density at radius 3 is 1.60 bits per heavy atom. The minimum Gasteiger partial charge on any atom is -0.481 e. The van der Waals surface area contributed by atoms with E-state index in [1.165, 1.54) is 11.1 Å². The van der Waals surface area contributed by atoms with Gasteiger partial charge in [-0.1, -0.05) is 36.4 Å². The van der Waals surface area contributed by atoms with Crippen LogP contribution in [0.4, 0.5) is 0 Å². The molecular formula is C40H44O8.